The summed E-state index contributed by atoms with van der Waals surface area (Å²) < 4.78 is 5.09. The molecule has 100 valence electrons. The topological polar surface area (TPSA) is 59.1 Å². The molecule has 0 spiro atoms. The molecule has 2 rings (SSSR count). The fraction of sp³-hybridized carbons (Fsp3) is 0.667. The monoisotopic (exact) mass is 268 g/mol. The van der Waals surface area contributed by atoms with Gasteiger partial charge in [0.25, 0.3) is 0 Å². The maximum atomic E-state index is 5.09. The van der Waals surface area contributed by atoms with E-state index in [1.54, 1.807) is 7.11 Å². The number of nitrogens with zero attached hydrogens (tertiary/aromatic N) is 2. The summed E-state index contributed by atoms with van der Waals surface area (Å²) in [6, 6.07) is 2.47. The third kappa shape index (κ3) is 3.74. The van der Waals surface area contributed by atoms with E-state index in [4.69, 9.17) is 4.74 Å². The highest BCUT2D eigenvalue weighted by atomic mass is 32.2. The van der Waals surface area contributed by atoms with Crippen molar-refractivity contribution in [2.75, 3.05) is 36.3 Å². The Balaban J connectivity index is 2.07. The van der Waals surface area contributed by atoms with Gasteiger partial charge in [0.2, 0.25) is 0 Å². The molecule has 1 aromatic rings. The molecule has 1 aromatic heterocycles. The Labute approximate surface area is 112 Å². The number of thioether (sulfide) groups is 1. The molecule has 1 aliphatic rings. The van der Waals surface area contributed by atoms with Crippen LogP contribution in [0.1, 0.15) is 18.7 Å². The first kappa shape index (κ1) is 13.4. The molecule has 2 N–H and O–H groups in total. The molecule has 0 aliphatic carbocycles. The second-order valence-electron chi connectivity index (χ2n) is 4.27. The van der Waals surface area contributed by atoms with Crippen molar-refractivity contribution in [3.63, 3.8) is 0 Å². The van der Waals surface area contributed by atoms with Crippen molar-refractivity contribution >= 4 is 23.4 Å². The van der Waals surface area contributed by atoms with E-state index in [0.717, 1.165) is 11.6 Å². The Morgan fingerprint density at radius 3 is 2.72 bits per heavy atom. The van der Waals surface area contributed by atoms with Gasteiger partial charge in [0, 0.05) is 26.3 Å². The zero-order valence-electron chi connectivity index (χ0n) is 10.9. The normalized spacial score (nSPS) is 16.6. The summed E-state index contributed by atoms with van der Waals surface area (Å²) >= 11 is 2.02. The van der Waals surface area contributed by atoms with Crippen molar-refractivity contribution in [3.8, 4) is 0 Å². The summed E-state index contributed by atoms with van der Waals surface area (Å²) in [5.74, 6) is 4.87. The zero-order valence-corrected chi connectivity index (χ0v) is 11.7. The third-order valence-electron chi connectivity index (χ3n) is 2.88. The first-order valence-corrected chi connectivity index (χ1v) is 7.36. The molecule has 1 fully saturated rings. The second-order valence-corrected chi connectivity index (χ2v) is 5.49. The smallest absolute Gasteiger partial charge is 0.158 e. The first-order valence-electron chi connectivity index (χ1n) is 6.20. The lowest BCUT2D eigenvalue weighted by atomic mass is 10.1. The molecule has 0 atom stereocenters. The summed E-state index contributed by atoms with van der Waals surface area (Å²) in [4.78, 5) is 8.81. The average molecular weight is 268 g/mol. The quantitative estimate of drug-likeness (QED) is 0.851. The molecule has 0 saturated carbocycles. The van der Waals surface area contributed by atoms with Crippen LogP contribution in [-0.4, -0.2) is 41.7 Å². The third-order valence-corrected chi connectivity index (χ3v) is 3.92. The Morgan fingerprint density at radius 1 is 1.33 bits per heavy atom. The van der Waals surface area contributed by atoms with Crippen LogP contribution in [0.5, 0.6) is 0 Å². The molecule has 0 aromatic carbocycles. The molecule has 6 heteroatoms. The number of hydrogen-bond donors (Lipinski definition) is 2. The van der Waals surface area contributed by atoms with Crippen molar-refractivity contribution in [2.24, 2.45) is 0 Å². The van der Waals surface area contributed by atoms with Crippen LogP contribution >= 0.6 is 11.8 Å². The maximum absolute atomic E-state index is 5.09. The van der Waals surface area contributed by atoms with E-state index >= 15 is 0 Å². The predicted octanol–water partition coefficient (Wildman–Crippen LogP) is 1.97. The van der Waals surface area contributed by atoms with E-state index < -0.39 is 0 Å². The van der Waals surface area contributed by atoms with Crippen LogP contribution in [-0.2, 0) is 11.3 Å². The molecule has 18 heavy (non-hydrogen) atoms. The molecule has 0 amide bonds. The van der Waals surface area contributed by atoms with Gasteiger partial charge in [-0.15, -0.1) is 0 Å². The minimum atomic E-state index is 0.435. The van der Waals surface area contributed by atoms with Crippen LogP contribution in [0.2, 0.25) is 0 Å². The average Bonchev–Trinajstić information content (AvgIpc) is 2.40. The van der Waals surface area contributed by atoms with E-state index in [-0.39, 0.29) is 0 Å². The van der Waals surface area contributed by atoms with Gasteiger partial charge in [-0.05, 0) is 24.3 Å². The molecular formula is C12H20N4OS. The van der Waals surface area contributed by atoms with Gasteiger partial charge >= 0.3 is 0 Å². The van der Waals surface area contributed by atoms with Crippen LogP contribution in [0.15, 0.2) is 6.07 Å². The molecule has 1 aliphatic heterocycles. The molecule has 0 unspecified atom stereocenters. The lowest BCUT2D eigenvalue weighted by Crippen LogP contribution is -2.25. The van der Waals surface area contributed by atoms with Gasteiger partial charge in [-0.1, -0.05) is 0 Å². The van der Waals surface area contributed by atoms with Gasteiger partial charge in [-0.3, -0.25) is 0 Å². The van der Waals surface area contributed by atoms with Crippen LogP contribution in [0, 0.1) is 0 Å². The van der Waals surface area contributed by atoms with Gasteiger partial charge in [-0.25, -0.2) is 9.97 Å². The number of ether oxygens (including phenoxy) is 1. The van der Waals surface area contributed by atoms with Crippen molar-refractivity contribution in [2.45, 2.75) is 25.5 Å². The number of anilines is 2. The highest BCUT2D eigenvalue weighted by Gasteiger charge is 2.14. The van der Waals surface area contributed by atoms with E-state index in [9.17, 15) is 0 Å². The van der Waals surface area contributed by atoms with Gasteiger partial charge in [0.15, 0.2) is 5.82 Å². The number of nitrogens with one attached hydrogen (secondary N) is 2. The zero-order chi connectivity index (χ0) is 12.8. The summed E-state index contributed by atoms with van der Waals surface area (Å²) in [7, 11) is 3.51. The molecule has 2 heterocycles. The molecule has 0 bridgehead atoms. The standard InChI is InChI=1S/C12H20N4OS/c1-13-10-7-11(16-12(15-10)8-17-2)14-9-3-5-18-6-4-9/h7,9H,3-6,8H2,1-2H3,(H2,13,14,15,16). The van der Waals surface area contributed by atoms with E-state index in [0.29, 0.717) is 18.5 Å². The maximum Gasteiger partial charge on any atom is 0.158 e. The fourth-order valence-electron chi connectivity index (χ4n) is 1.94. The predicted molar refractivity (Wildman–Crippen MR) is 76.3 cm³/mol. The number of aromatic nitrogens is 2. The molecule has 0 radical (unpaired) electrons. The summed E-state index contributed by atoms with van der Waals surface area (Å²) in [5.41, 5.74) is 0. The molecular weight excluding hydrogens is 248 g/mol. The van der Waals surface area contributed by atoms with Crippen LogP contribution in [0.3, 0.4) is 0 Å². The van der Waals surface area contributed by atoms with E-state index in [2.05, 4.69) is 20.6 Å². The van der Waals surface area contributed by atoms with Gasteiger partial charge in [-0.2, -0.15) is 11.8 Å². The minimum Gasteiger partial charge on any atom is -0.377 e. The summed E-state index contributed by atoms with van der Waals surface area (Å²) in [6.45, 7) is 0.435. The largest absolute Gasteiger partial charge is 0.377 e. The lowest BCUT2D eigenvalue weighted by Gasteiger charge is -2.23. The minimum absolute atomic E-state index is 0.435. The Hall–Kier alpha value is -1.01. The Kier molecular flexibility index (Phi) is 5.07. The van der Waals surface area contributed by atoms with Gasteiger partial charge in [0.05, 0.1) is 0 Å². The lowest BCUT2D eigenvalue weighted by molar-refractivity contribution is 0.178. The van der Waals surface area contributed by atoms with Crippen LogP contribution in [0.4, 0.5) is 11.6 Å². The number of hydrogen-bond acceptors (Lipinski definition) is 6. The highest BCUT2D eigenvalue weighted by molar-refractivity contribution is 7.99. The van der Waals surface area contributed by atoms with Gasteiger partial charge in [0.1, 0.15) is 18.2 Å². The Bertz CT molecular complexity index is 382. The summed E-state index contributed by atoms with van der Waals surface area (Å²) in [5, 5.41) is 6.55. The molecule has 1 saturated heterocycles. The number of rotatable bonds is 5. The summed E-state index contributed by atoms with van der Waals surface area (Å²) in [6.07, 6.45) is 2.40. The van der Waals surface area contributed by atoms with Crippen LogP contribution < -0.4 is 10.6 Å². The first-order chi connectivity index (χ1) is 8.81. The van der Waals surface area contributed by atoms with Crippen molar-refractivity contribution < 1.29 is 4.74 Å². The highest BCUT2D eigenvalue weighted by Crippen LogP contribution is 2.21. The van der Waals surface area contributed by atoms with E-state index in [1.165, 1.54) is 24.3 Å². The van der Waals surface area contributed by atoms with Crippen molar-refractivity contribution in [1.29, 1.82) is 0 Å². The molecule has 5 nitrogen and oxygen atoms in total. The number of methoxy groups -OCH3 is 1. The van der Waals surface area contributed by atoms with Gasteiger partial charge < -0.3 is 15.4 Å². The van der Waals surface area contributed by atoms with E-state index in [1.807, 2.05) is 24.9 Å². The second kappa shape index (κ2) is 6.80. The van der Waals surface area contributed by atoms with Crippen molar-refractivity contribution in [1.82, 2.24) is 9.97 Å². The Morgan fingerprint density at radius 2 is 2.06 bits per heavy atom. The SMILES string of the molecule is CNc1cc(NC2CCSCC2)nc(COC)n1. The van der Waals surface area contributed by atoms with Crippen molar-refractivity contribution in [3.05, 3.63) is 11.9 Å². The fourth-order valence-corrected chi connectivity index (χ4v) is 3.05. The van der Waals surface area contributed by atoms with Crippen LogP contribution in [0.25, 0.3) is 0 Å².